The van der Waals surface area contributed by atoms with E-state index in [-0.39, 0.29) is 32.5 Å². The molecule has 3 aromatic rings. The monoisotopic (exact) mass is 692 g/mol. The van der Waals surface area contributed by atoms with Crippen molar-refractivity contribution in [3.8, 4) is 0 Å². The Labute approximate surface area is 289 Å². The van der Waals surface area contributed by atoms with Gasteiger partial charge in [-0.3, -0.25) is 19.2 Å². The Balaban J connectivity index is 1.58. The van der Waals surface area contributed by atoms with Gasteiger partial charge in [-0.15, -0.1) is 5.10 Å². The molecule has 1 fully saturated rings. The summed E-state index contributed by atoms with van der Waals surface area (Å²) >= 11 is 0. The fraction of sp³-hybridized carbons (Fsp3) is 0.485. The Hall–Kier alpha value is -5.45. The Kier molecular flexibility index (Phi) is 12.9. The van der Waals surface area contributed by atoms with Crippen molar-refractivity contribution < 1.29 is 33.4 Å². The number of hydrogen-bond donors (Lipinski definition) is 4. The summed E-state index contributed by atoms with van der Waals surface area (Å²) in [6, 6.07) is 8.89. The number of amides is 5. The molecule has 4 rings (SSSR count). The molecule has 1 aromatic heterocycles. The molecule has 0 bridgehead atoms. The summed E-state index contributed by atoms with van der Waals surface area (Å²) in [5.74, 6) is -1.62. The van der Waals surface area contributed by atoms with Crippen LogP contribution in [0.4, 0.5) is 4.79 Å². The molecule has 2 aromatic carbocycles. The Morgan fingerprint density at radius 2 is 1.84 bits per heavy atom. The van der Waals surface area contributed by atoms with Crippen LogP contribution in [0.5, 0.6) is 0 Å². The molecular weight excluding hydrogens is 648 g/mol. The van der Waals surface area contributed by atoms with Gasteiger partial charge in [0.15, 0.2) is 5.82 Å². The first-order chi connectivity index (χ1) is 23.9. The number of ether oxygens (including phenoxy) is 2. The summed E-state index contributed by atoms with van der Waals surface area (Å²) in [7, 11) is 1.50. The SMILES string of the molecule is COCn1nnnc1CC[C@H](NC(=O)c1cccc2ccccc12)C(=O)N1CCCC[C@H]1C(=O)N[C@H](C=NNC(N)=O)CC(=O)OC(C)(C)C. The maximum atomic E-state index is 14.4. The van der Waals surface area contributed by atoms with Crippen LogP contribution in [0.2, 0.25) is 0 Å². The number of primary amides is 1. The molecule has 3 atom stereocenters. The van der Waals surface area contributed by atoms with E-state index in [1.807, 2.05) is 35.8 Å². The number of benzene rings is 2. The highest BCUT2D eigenvalue weighted by Crippen LogP contribution is 2.22. The number of hydrazone groups is 1. The van der Waals surface area contributed by atoms with Crippen molar-refractivity contribution in [2.24, 2.45) is 10.8 Å². The number of methoxy groups -OCH3 is 1. The molecule has 50 heavy (non-hydrogen) atoms. The second-order valence-corrected chi connectivity index (χ2v) is 12.8. The summed E-state index contributed by atoms with van der Waals surface area (Å²) in [5, 5.41) is 22.7. The van der Waals surface area contributed by atoms with Gasteiger partial charge in [0.1, 0.15) is 24.4 Å². The number of carbonyl (C=O) groups is 5. The summed E-state index contributed by atoms with van der Waals surface area (Å²) in [6.45, 7) is 5.48. The molecule has 0 spiro atoms. The zero-order valence-corrected chi connectivity index (χ0v) is 28.6. The van der Waals surface area contributed by atoms with Gasteiger partial charge in [-0.25, -0.2) is 14.9 Å². The zero-order valence-electron chi connectivity index (χ0n) is 28.6. The molecule has 0 radical (unpaired) electrons. The van der Waals surface area contributed by atoms with Crippen molar-refractivity contribution in [1.29, 1.82) is 0 Å². The fourth-order valence-corrected chi connectivity index (χ4v) is 5.66. The highest BCUT2D eigenvalue weighted by Gasteiger charge is 2.37. The second kappa shape index (κ2) is 17.3. The van der Waals surface area contributed by atoms with Crippen molar-refractivity contribution >= 4 is 46.7 Å². The number of tetrazole rings is 1. The predicted molar refractivity (Wildman–Crippen MR) is 181 cm³/mol. The third kappa shape index (κ3) is 10.5. The Morgan fingerprint density at radius 3 is 2.58 bits per heavy atom. The van der Waals surface area contributed by atoms with E-state index in [4.69, 9.17) is 15.2 Å². The second-order valence-electron chi connectivity index (χ2n) is 12.8. The third-order valence-corrected chi connectivity index (χ3v) is 7.80. The number of rotatable bonds is 14. The summed E-state index contributed by atoms with van der Waals surface area (Å²) in [6.07, 6.45) is 2.84. The minimum absolute atomic E-state index is 0.0976. The average Bonchev–Trinajstić information content (AvgIpc) is 3.51. The molecule has 0 unspecified atom stereocenters. The zero-order chi connectivity index (χ0) is 36.3. The van der Waals surface area contributed by atoms with E-state index in [0.717, 1.165) is 10.8 Å². The molecule has 5 amide bonds. The molecule has 17 heteroatoms. The number of aryl methyl sites for hydroxylation is 1. The third-order valence-electron chi connectivity index (χ3n) is 7.80. The molecule has 5 N–H and O–H groups in total. The molecule has 17 nitrogen and oxygen atoms in total. The average molecular weight is 693 g/mol. The van der Waals surface area contributed by atoms with Crippen LogP contribution in [0.3, 0.4) is 0 Å². The van der Waals surface area contributed by atoms with Gasteiger partial charge in [-0.2, -0.15) is 5.10 Å². The lowest BCUT2D eigenvalue weighted by Crippen LogP contribution is -2.58. The lowest BCUT2D eigenvalue weighted by Gasteiger charge is -2.37. The molecule has 1 saturated heterocycles. The lowest BCUT2D eigenvalue weighted by atomic mass is 9.98. The van der Waals surface area contributed by atoms with Crippen LogP contribution in [0, 0.1) is 0 Å². The van der Waals surface area contributed by atoms with Gasteiger partial charge in [0.05, 0.1) is 12.5 Å². The minimum atomic E-state index is -1.05. The van der Waals surface area contributed by atoms with Gasteiger partial charge in [-0.1, -0.05) is 36.4 Å². The number of nitrogens with two attached hydrogens (primary N) is 1. The quantitative estimate of drug-likeness (QED) is 0.108. The first kappa shape index (κ1) is 37.4. The highest BCUT2D eigenvalue weighted by molar-refractivity contribution is 6.08. The summed E-state index contributed by atoms with van der Waals surface area (Å²) in [5.41, 5.74) is 6.77. The highest BCUT2D eigenvalue weighted by atomic mass is 16.6. The number of nitrogens with one attached hydrogen (secondary N) is 3. The number of esters is 1. The van der Waals surface area contributed by atoms with Gasteiger partial charge in [-0.05, 0) is 73.7 Å². The number of carbonyl (C=O) groups excluding carboxylic acids is 5. The first-order valence-corrected chi connectivity index (χ1v) is 16.3. The molecule has 268 valence electrons. The summed E-state index contributed by atoms with van der Waals surface area (Å²) < 4.78 is 12.0. The van der Waals surface area contributed by atoms with Crippen LogP contribution in [-0.4, -0.2) is 98.4 Å². The van der Waals surface area contributed by atoms with Crippen molar-refractivity contribution in [3.05, 3.63) is 53.9 Å². The van der Waals surface area contributed by atoms with E-state index in [9.17, 15) is 24.0 Å². The van der Waals surface area contributed by atoms with Crippen molar-refractivity contribution in [1.82, 2.24) is 41.2 Å². The molecule has 2 heterocycles. The van der Waals surface area contributed by atoms with E-state index in [1.165, 1.54) is 22.9 Å². The van der Waals surface area contributed by atoms with E-state index in [2.05, 4.69) is 31.3 Å². The number of piperidine rings is 1. The van der Waals surface area contributed by atoms with Gasteiger partial charge < -0.3 is 30.7 Å². The number of urea groups is 1. The number of aromatic nitrogens is 4. The molecular formula is C33H44N10O7. The first-order valence-electron chi connectivity index (χ1n) is 16.3. The largest absolute Gasteiger partial charge is 0.460 e. The minimum Gasteiger partial charge on any atom is -0.460 e. The van der Waals surface area contributed by atoms with Gasteiger partial charge in [0.2, 0.25) is 11.8 Å². The van der Waals surface area contributed by atoms with Crippen LogP contribution in [0.25, 0.3) is 10.8 Å². The van der Waals surface area contributed by atoms with Crippen LogP contribution in [0.1, 0.15) is 69.1 Å². The van der Waals surface area contributed by atoms with E-state index < -0.39 is 53.4 Å². The molecule has 1 aliphatic heterocycles. The van der Waals surface area contributed by atoms with Crippen molar-refractivity contribution in [2.45, 2.75) is 89.8 Å². The maximum absolute atomic E-state index is 14.4. The van der Waals surface area contributed by atoms with Gasteiger partial charge >= 0.3 is 12.0 Å². The van der Waals surface area contributed by atoms with E-state index in [1.54, 1.807) is 32.9 Å². The van der Waals surface area contributed by atoms with Crippen LogP contribution < -0.4 is 21.8 Å². The lowest BCUT2D eigenvalue weighted by molar-refractivity contribution is -0.155. The Bertz CT molecular complexity index is 1700. The van der Waals surface area contributed by atoms with E-state index >= 15 is 0 Å². The number of fused-ring (bicyclic) bond motifs is 1. The Morgan fingerprint density at radius 1 is 1.08 bits per heavy atom. The van der Waals surface area contributed by atoms with Crippen molar-refractivity contribution in [3.63, 3.8) is 0 Å². The smallest absolute Gasteiger partial charge is 0.332 e. The topological polar surface area (TPSA) is 225 Å². The maximum Gasteiger partial charge on any atom is 0.332 e. The van der Waals surface area contributed by atoms with Crippen molar-refractivity contribution in [2.75, 3.05) is 13.7 Å². The number of nitrogens with zero attached hydrogens (tertiary/aromatic N) is 6. The standard InChI is InChI=1S/C33H44N10O7/c1-33(2,3)50-28(44)18-22(19-35-39-32(34)48)36-30(46)26-14-7-8-17-42(26)31(47)25(15-16-27-38-40-41-43(27)20-49-4)37-29(45)24-13-9-11-21-10-5-6-12-23(21)24/h5-6,9-13,19,22,25-26H,7-8,14-18,20H2,1-4H3,(H,36,46)(H,37,45)(H3,34,39,48)/t22-,25-,26-/m0/s1. The summed E-state index contributed by atoms with van der Waals surface area (Å²) in [4.78, 5) is 67.2. The normalized spacial score (nSPS) is 16.1. The van der Waals surface area contributed by atoms with Crippen LogP contribution in [0.15, 0.2) is 47.6 Å². The van der Waals surface area contributed by atoms with Gasteiger partial charge in [0, 0.05) is 31.9 Å². The van der Waals surface area contributed by atoms with Crippen LogP contribution >= 0.6 is 0 Å². The van der Waals surface area contributed by atoms with E-state index in [0.29, 0.717) is 30.7 Å². The fourth-order valence-electron chi connectivity index (χ4n) is 5.66. The van der Waals surface area contributed by atoms with Crippen LogP contribution in [-0.2, 0) is 37.0 Å². The molecule has 0 saturated carbocycles. The number of likely N-dealkylation sites (tertiary alicyclic amines) is 1. The molecule has 1 aliphatic rings. The number of hydrogen-bond acceptors (Lipinski definition) is 11. The molecule has 0 aliphatic carbocycles. The predicted octanol–water partition coefficient (Wildman–Crippen LogP) is 1.41. The van der Waals surface area contributed by atoms with Gasteiger partial charge in [0.25, 0.3) is 5.91 Å².